The fourth-order valence-corrected chi connectivity index (χ4v) is 7.23. The zero-order valence-corrected chi connectivity index (χ0v) is 26.2. The van der Waals surface area contributed by atoms with Crippen molar-refractivity contribution in [2.45, 2.75) is 75.8 Å². The molecule has 1 N–H and O–H groups in total. The quantitative estimate of drug-likeness (QED) is 0.232. The molecule has 0 saturated carbocycles. The largest absolute Gasteiger partial charge is 0.337 e. The third-order valence-corrected chi connectivity index (χ3v) is 10.0. The van der Waals surface area contributed by atoms with Crippen molar-refractivity contribution in [1.29, 1.82) is 0 Å². The third kappa shape index (κ3) is 6.73. The lowest BCUT2D eigenvalue weighted by Gasteiger charge is -2.38. The highest BCUT2D eigenvalue weighted by atomic mass is 32.2. The molecule has 1 aromatic heterocycles. The number of carbonyl (C=O) groups excluding carboxylic acids is 1. The predicted octanol–water partition coefficient (Wildman–Crippen LogP) is 6.69. The SMILES string of the molecule is Cc1cccc(S(=O)(=O)N[C@H]2CCC(C)(C)c3ccc(N(Cc4nccn4C)C(=O)C[C@H](C)c4ccc(F)cc4)cc32)c1. The average Bonchev–Trinajstić information content (AvgIpc) is 3.37. The summed E-state index contributed by atoms with van der Waals surface area (Å²) in [5.41, 5.74) is 4.19. The smallest absolute Gasteiger partial charge is 0.241 e. The summed E-state index contributed by atoms with van der Waals surface area (Å²) in [6.45, 7) is 8.40. The van der Waals surface area contributed by atoms with E-state index >= 15 is 0 Å². The minimum absolute atomic E-state index is 0.105. The van der Waals surface area contributed by atoms with Crippen LogP contribution >= 0.6 is 0 Å². The molecule has 0 aliphatic heterocycles. The Morgan fingerprint density at radius 3 is 2.56 bits per heavy atom. The maximum Gasteiger partial charge on any atom is 0.241 e. The average molecular weight is 603 g/mol. The van der Waals surface area contributed by atoms with Crippen LogP contribution in [0.3, 0.4) is 0 Å². The van der Waals surface area contributed by atoms with E-state index in [1.165, 1.54) is 12.1 Å². The van der Waals surface area contributed by atoms with Crippen LogP contribution in [0, 0.1) is 12.7 Å². The fraction of sp³-hybridized carbons (Fsp3) is 0.353. The molecule has 2 atom stereocenters. The van der Waals surface area contributed by atoms with Crippen molar-refractivity contribution < 1.29 is 17.6 Å². The molecule has 5 rings (SSSR count). The van der Waals surface area contributed by atoms with E-state index in [0.717, 1.165) is 34.5 Å². The zero-order chi connectivity index (χ0) is 30.9. The number of benzene rings is 3. The molecule has 1 amide bonds. The lowest BCUT2D eigenvalue weighted by atomic mass is 9.71. The second-order valence-electron chi connectivity index (χ2n) is 12.3. The maximum atomic E-state index is 14.0. The van der Waals surface area contributed by atoms with Gasteiger partial charge in [-0.2, -0.15) is 0 Å². The molecule has 1 aliphatic carbocycles. The summed E-state index contributed by atoms with van der Waals surface area (Å²) < 4.78 is 45.3. The predicted molar refractivity (Wildman–Crippen MR) is 167 cm³/mol. The molecule has 0 unspecified atom stereocenters. The van der Waals surface area contributed by atoms with Crippen molar-refractivity contribution >= 4 is 21.6 Å². The summed E-state index contributed by atoms with van der Waals surface area (Å²) in [5.74, 6) is 0.162. The molecule has 0 saturated heterocycles. The number of aromatic nitrogens is 2. The summed E-state index contributed by atoms with van der Waals surface area (Å²) in [7, 11) is -1.89. The zero-order valence-electron chi connectivity index (χ0n) is 25.3. The van der Waals surface area contributed by atoms with E-state index in [4.69, 9.17) is 0 Å². The van der Waals surface area contributed by atoms with Gasteiger partial charge in [0.05, 0.1) is 11.4 Å². The molecule has 0 spiro atoms. The number of carbonyl (C=O) groups is 1. The molecule has 43 heavy (non-hydrogen) atoms. The Morgan fingerprint density at radius 2 is 1.88 bits per heavy atom. The van der Waals surface area contributed by atoms with E-state index in [2.05, 4.69) is 23.6 Å². The lowest BCUT2D eigenvalue weighted by Crippen LogP contribution is -2.37. The van der Waals surface area contributed by atoms with Gasteiger partial charge in [-0.3, -0.25) is 4.79 Å². The molecule has 3 aromatic carbocycles. The molecular formula is C34H39FN4O3S. The van der Waals surface area contributed by atoms with E-state index < -0.39 is 16.1 Å². The summed E-state index contributed by atoms with van der Waals surface area (Å²) in [5, 5.41) is 0. The van der Waals surface area contributed by atoms with Gasteiger partial charge in [0, 0.05) is 37.6 Å². The van der Waals surface area contributed by atoms with E-state index in [1.54, 1.807) is 41.4 Å². The first kappa shape index (κ1) is 30.6. The van der Waals surface area contributed by atoms with E-state index in [0.29, 0.717) is 12.1 Å². The van der Waals surface area contributed by atoms with Crippen molar-refractivity contribution in [2.24, 2.45) is 7.05 Å². The third-order valence-electron chi connectivity index (χ3n) is 8.55. The minimum Gasteiger partial charge on any atom is -0.337 e. The van der Waals surface area contributed by atoms with Crippen LogP contribution in [0.25, 0.3) is 0 Å². The second kappa shape index (κ2) is 12.1. The van der Waals surface area contributed by atoms with Crippen molar-refractivity contribution in [2.75, 3.05) is 4.90 Å². The molecule has 0 bridgehead atoms. The van der Waals surface area contributed by atoms with Crippen molar-refractivity contribution in [3.05, 3.63) is 113 Å². The Kier molecular flexibility index (Phi) is 8.58. The summed E-state index contributed by atoms with van der Waals surface area (Å²) in [4.78, 5) is 20.4. The van der Waals surface area contributed by atoms with E-state index in [-0.39, 0.29) is 40.9 Å². The van der Waals surface area contributed by atoms with Gasteiger partial charge in [-0.05, 0) is 89.8 Å². The van der Waals surface area contributed by atoms with Crippen molar-refractivity contribution in [1.82, 2.24) is 14.3 Å². The number of hydrogen-bond acceptors (Lipinski definition) is 4. The number of aryl methyl sites for hydroxylation is 2. The highest BCUT2D eigenvalue weighted by molar-refractivity contribution is 7.89. The van der Waals surface area contributed by atoms with Crippen LogP contribution in [-0.2, 0) is 33.8 Å². The Bertz CT molecular complexity index is 1730. The van der Waals surface area contributed by atoms with E-state index in [1.807, 2.05) is 55.9 Å². The normalized spacial score (nSPS) is 16.8. The number of hydrogen-bond donors (Lipinski definition) is 1. The number of nitrogens with zero attached hydrogens (tertiary/aromatic N) is 3. The van der Waals surface area contributed by atoms with Gasteiger partial charge in [0.1, 0.15) is 11.6 Å². The topological polar surface area (TPSA) is 84.3 Å². The number of sulfonamides is 1. The highest BCUT2D eigenvalue weighted by Gasteiger charge is 2.36. The molecular weight excluding hydrogens is 563 g/mol. The van der Waals surface area contributed by atoms with Crippen LogP contribution in [0.1, 0.15) is 80.1 Å². The molecule has 7 nitrogen and oxygen atoms in total. The maximum absolute atomic E-state index is 14.0. The first-order valence-electron chi connectivity index (χ1n) is 14.6. The van der Waals surface area contributed by atoms with Gasteiger partial charge in [-0.15, -0.1) is 0 Å². The number of nitrogens with one attached hydrogen (secondary N) is 1. The van der Waals surface area contributed by atoms with Gasteiger partial charge in [0.15, 0.2) is 0 Å². The molecule has 226 valence electrons. The van der Waals surface area contributed by atoms with Gasteiger partial charge in [0.2, 0.25) is 15.9 Å². The number of rotatable bonds is 9. The van der Waals surface area contributed by atoms with Gasteiger partial charge in [-0.1, -0.05) is 51.1 Å². The van der Waals surface area contributed by atoms with Gasteiger partial charge in [-0.25, -0.2) is 22.5 Å². The highest BCUT2D eigenvalue weighted by Crippen LogP contribution is 2.43. The fourth-order valence-electron chi connectivity index (χ4n) is 5.87. The summed E-state index contributed by atoms with van der Waals surface area (Å²) >= 11 is 0. The number of amides is 1. The first-order chi connectivity index (χ1) is 20.3. The Morgan fingerprint density at radius 1 is 1.14 bits per heavy atom. The summed E-state index contributed by atoms with van der Waals surface area (Å²) in [6, 6.07) is 18.6. The molecule has 9 heteroatoms. The Balaban J connectivity index is 1.51. The standard InChI is InChI=1S/C34H39FN4O3S/c1-23-7-6-8-28(19-23)43(41,42)37-31-15-16-34(3,4)30-14-13-27(21-29(30)31)39(22-32-36-17-18-38(32)5)33(40)20-24(2)25-9-11-26(35)12-10-25/h6-14,17-19,21,24,31,37H,15-16,20,22H2,1-5H3/t24-,31-/m0/s1. The van der Waals surface area contributed by atoms with Crippen LogP contribution in [0.15, 0.2) is 84.0 Å². The van der Waals surface area contributed by atoms with Gasteiger partial charge < -0.3 is 9.47 Å². The Hall–Kier alpha value is -3.82. The number of fused-ring (bicyclic) bond motifs is 1. The lowest BCUT2D eigenvalue weighted by molar-refractivity contribution is -0.119. The van der Waals surface area contributed by atoms with Crippen LogP contribution in [-0.4, -0.2) is 23.9 Å². The molecule has 1 heterocycles. The monoisotopic (exact) mass is 602 g/mol. The molecule has 0 fully saturated rings. The number of imidazole rings is 1. The summed E-state index contributed by atoms with van der Waals surface area (Å²) in [6.07, 6.45) is 5.19. The minimum atomic E-state index is -3.78. The van der Waals surface area contributed by atoms with Crippen LogP contribution in [0.4, 0.5) is 10.1 Å². The first-order valence-corrected chi connectivity index (χ1v) is 16.1. The number of anilines is 1. The van der Waals surface area contributed by atoms with E-state index in [9.17, 15) is 17.6 Å². The second-order valence-corrected chi connectivity index (χ2v) is 14.0. The van der Waals surface area contributed by atoms with Gasteiger partial charge >= 0.3 is 0 Å². The van der Waals surface area contributed by atoms with Crippen molar-refractivity contribution in [3.63, 3.8) is 0 Å². The molecule has 0 radical (unpaired) electrons. The van der Waals surface area contributed by atoms with Crippen LogP contribution in [0.5, 0.6) is 0 Å². The molecule has 4 aromatic rings. The Labute approximate surface area is 253 Å². The van der Waals surface area contributed by atoms with Crippen LogP contribution < -0.4 is 9.62 Å². The van der Waals surface area contributed by atoms with Gasteiger partial charge in [0.25, 0.3) is 0 Å². The number of halogens is 1. The van der Waals surface area contributed by atoms with Crippen LogP contribution in [0.2, 0.25) is 0 Å². The van der Waals surface area contributed by atoms with Crippen molar-refractivity contribution in [3.8, 4) is 0 Å². The molecule has 1 aliphatic rings.